The smallest absolute Gasteiger partial charge is 0.119 e. The number of hydrogen-bond acceptors (Lipinski definition) is 2. The van der Waals surface area contributed by atoms with E-state index >= 15 is 0 Å². The third-order valence-corrected chi connectivity index (χ3v) is 3.66. The summed E-state index contributed by atoms with van der Waals surface area (Å²) in [6, 6.07) is 19.9. The predicted octanol–water partition coefficient (Wildman–Crippen LogP) is 5.71. The van der Waals surface area contributed by atoms with Crippen LogP contribution in [0, 0.1) is 11.3 Å². The molecule has 0 atom stereocenters. The van der Waals surface area contributed by atoms with Gasteiger partial charge in [0.05, 0.1) is 18.2 Å². The molecule has 0 aromatic heterocycles. The van der Waals surface area contributed by atoms with E-state index < -0.39 is 0 Å². The van der Waals surface area contributed by atoms with Crippen LogP contribution >= 0.6 is 0 Å². The highest BCUT2D eigenvalue weighted by atomic mass is 16.5. The van der Waals surface area contributed by atoms with Crippen LogP contribution in [0.1, 0.15) is 43.7 Å². The minimum atomic E-state index is 0.666. The highest BCUT2D eigenvalue weighted by Crippen LogP contribution is 2.19. The van der Waals surface area contributed by atoms with Gasteiger partial charge in [-0.2, -0.15) is 5.26 Å². The van der Waals surface area contributed by atoms with E-state index in [4.69, 9.17) is 4.74 Å². The van der Waals surface area contributed by atoms with Crippen LogP contribution in [0.3, 0.4) is 0 Å². The Morgan fingerprint density at radius 3 is 2.39 bits per heavy atom. The number of benzene rings is 2. The normalized spacial score (nSPS) is 11.0. The van der Waals surface area contributed by atoms with Gasteiger partial charge in [-0.3, -0.25) is 0 Å². The summed E-state index contributed by atoms with van der Waals surface area (Å²) < 4.78 is 5.74. The van der Waals surface area contributed by atoms with E-state index in [0.717, 1.165) is 29.9 Å². The van der Waals surface area contributed by atoms with E-state index in [-0.39, 0.29) is 0 Å². The maximum absolute atomic E-state index is 9.34. The lowest BCUT2D eigenvalue weighted by Gasteiger charge is -2.06. The molecule has 0 N–H and O–H groups in total. The Morgan fingerprint density at radius 1 is 1.00 bits per heavy atom. The van der Waals surface area contributed by atoms with Crippen LogP contribution in [0.4, 0.5) is 0 Å². The standard InChI is InChI=1S/C21H23NO/c1-2-3-4-8-15-23-21-13-11-18(12-14-21)16-20(17-22)19-9-6-5-7-10-19/h5-7,9-14,16H,2-4,8,15H2,1H3. The molecule has 0 aliphatic heterocycles. The largest absolute Gasteiger partial charge is 0.494 e. The van der Waals surface area contributed by atoms with Gasteiger partial charge in [0.2, 0.25) is 0 Å². The first-order valence-electron chi connectivity index (χ1n) is 8.23. The number of ether oxygens (including phenoxy) is 1. The second kappa shape index (κ2) is 9.48. The molecular weight excluding hydrogens is 282 g/mol. The Labute approximate surface area is 139 Å². The molecule has 0 aliphatic carbocycles. The van der Waals surface area contributed by atoms with E-state index in [1.165, 1.54) is 19.3 Å². The summed E-state index contributed by atoms with van der Waals surface area (Å²) in [5, 5.41) is 9.34. The molecule has 2 rings (SSSR count). The van der Waals surface area contributed by atoms with Gasteiger partial charge in [0.15, 0.2) is 0 Å². The topological polar surface area (TPSA) is 33.0 Å². The van der Waals surface area contributed by atoms with Crippen molar-refractivity contribution in [3.05, 3.63) is 65.7 Å². The first-order valence-corrected chi connectivity index (χ1v) is 8.23. The van der Waals surface area contributed by atoms with E-state index in [2.05, 4.69) is 13.0 Å². The number of rotatable bonds is 8. The predicted molar refractivity (Wildman–Crippen MR) is 96.0 cm³/mol. The molecule has 23 heavy (non-hydrogen) atoms. The second-order valence-corrected chi connectivity index (χ2v) is 5.51. The van der Waals surface area contributed by atoms with Crippen LogP contribution in [0.5, 0.6) is 5.75 Å². The average Bonchev–Trinajstić information content (AvgIpc) is 2.61. The van der Waals surface area contributed by atoms with Crippen molar-refractivity contribution in [3.8, 4) is 11.8 Å². The molecule has 2 nitrogen and oxygen atoms in total. The summed E-state index contributed by atoms with van der Waals surface area (Å²) >= 11 is 0. The van der Waals surface area contributed by atoms with Gasteiger partial charge in [-0.1, -0.05) is 68.7 Å². The van der Waals surface area contributed by atoms with Crippen molar-refractivity contribution in [2.45, 2.75) is 32.6 Å². The summed E-state index contributed by atoms with van der Waals surface area (Å²) in [5.41, 5.74) is 2.61. The lowest BCUT2D eigenvalue weighted by molar-refractivity contribution is 0.305. The maximum Gasteiger partial charge on any atom is 0.119 e. The second-order valence-electron chi connectivity index (χ2n) is 5.51. The van der Waals surface area contributed by atoms with Crippen molar-refractivity contribution in [2.75, 3.05) is 6.61 Å². The van der Waals surface area contributed by atoms with Crippen LogP contribution in [-0.4, -0.2) is 6.61 Å². The summed E-state index contributed by atoms with van der Waals surface area (Å²) in [6.45, 7) is 2.97. The van der Waals surface area contributed by atoms with Gasteiger partial charge >= 0.3 is 0 Å². The Balaban J connectivity index is 1.96. The van der Waals surface area contributed by atoms with Gasteiger partial charge in [-0.05, 0) is 35.8 Å². The summed E-state index contributed by atoms with van der Waals surface area (Å²) in [5.74, 6) is 0.886. The molecule has 0 heterocycles. The molecule has 2 aromatic rings. The molecule has 0 amide bonds. The van der Waals surface area contributed by atoms with Gasteiger partial charge in [0.1, 0.15) is 5.75 Å². The fraction of sp³-hybridized carbons (Fsp3) is 0.286. The molecule has 0 fully saturated rings. The number of unbranched alkanes of at least 4 members (excludes halogenated alkanes) is 3. The third kappa shape index (κ3) is 5.64. The molecule has 118 valence electrons. The SMILES string of the molecule is CCCCCCOc1ccc(C=C(C#N)c2ccccc2)cc1. The number of allylic oxidation sites excluding steroid dienone is 1. The Kier molecular flexibility index (Phi) is 6.94. The fourth-order valence-electron chi connectivity index (χ4n) is 2.34. The van der Waals surface area contributed by atoms with Gasteiger partial charge in [0.25, 0.3) is 0 Å². The minimum absolute atomic E-state index is 0.666. The van der Waals surface area contributed by atoms with E-state index in [9.17, 15) is 5.26 Å². The molecule has 0 saturated heterocycles. The van der Waals surface area contributed by atoms with Crippen LogP contribution in [-0.2, 0) is 0 Å². The van der Waals surface area contributed by atoms with Crippen LogP contribution in [0.15, 0.2) is 54.6 Å². The van der Waals surface area contributed by atoms with Gasteiger partial charge in [0, 0.05) is 0 Å². The van der Waals surface area contributed by atoms with E-state index in [1.807, 2.05) is 60.7 Å². The van der Waals surface area contributed by atoms with Crippen LogP contribution < -0.4 is 4.74 Å². The number of nitriles is 1. The van der Waals surface area contributed by atoms with Crippen molar-refractivity contribution in [1.29, 1.82) is 5.26 Å². The Bertz CT molecular complexity index is 650. The first kappa shape index (κ1) is 16.8. The third-order valence-electron chi connectivity index (χ3n) is 3.66. The van der Waals surface area contributed by atoms with Gasteiger partial charge in [-0.15, -0.1) is 0 Å². The van der Waals surface area contributed by atoms with Crippen molar-refractivity contribution >= 4 is 11.6 Å². The molecule has 0 saturated carbocycles. The zero-order valence-corrected chi connectivity index (χ0v) is 13.7. The summed E-state index contributed by atoms with van der Waals surface area (Å²) in [7, 11) is 0. The average molecular weight is 305 g/mol. The molecular formula is C21H23NO. The maximum atomic E-state index is 9.34. The van der Waals surface area contributed by atoms with Gasteiger partial charge < -0.3 is 4.74 Å². The van der Waals surface area contributed by atoms with Crippen LogP contribution in [0.25, 0.3) is 11.6 Å². The lowest BCUT2D eigenvalue weighted by Crippen LogP contribution is -1.96. The minimum Gasteiger partial charge on any atom is -0.494 e. The summed E-state index contributed by atoms with van der Waals surface area (Å²) in [6.07, 6.45) is 6.73. The van der Waals surface area contributed by atoms with Crippen LogP contribution in [0.2, 0.25) is 0 Å². The van der Waals surface area contributed by atoms with E-state index in [0.29, 0.717) is 5.57 Å². The Hall–Kier alpha value is -2.53. The quantitative estimate of drug-likeness (QED) is 0.355. The van der Waals surface area contributed by atoms with Gasteiger partial charge in [-0.25, -0.2) is 0 Å². The number of nitrogens with zero attached hydrogens (tertiary/aromatic N) is 1. The molecule has 0 radical (unpaired) electrons. The highest BCUT2D eigenvalue weighted by Gasteiger charge is 2.00. The highest BCUT2D eigenvalue weighted by molar-refractivity contribution is 5.89. The monoisotopic (exact) mass is 305 g/mol. The lowest BCUT2D eigenvalue weighted by atomic mass is 10.0. The van der Waals surface area contributed by atoms with Crippen molar-refractivity contribution in [1.82, 2.24) is 0 Å². The first-order chi connectivity index (χ1) is 11.3. The van der Waals surface area contributed by atoms with Crippen molar-refractivity contribution in [2.24, 2.45) is 0 Å². The molecule has 2 aromatic carbocycles. The molecule has 0 spiro atoms. The molecule has 0 bridgehead atoms. The molecule has 0 unspecified atom stereocenters. The Morgan fingerprint density at radius 2 is 1.74 bits per heavy atom. The zero-order valence-electron chi connectivity index (χ0n) is 13.7. The summed E-state index contributed by atoms with van der Waals surface area (Å²) in [4.78, 5) is 0. The molecule has 2 heteroatoms. The van der Waals surface area contributed by atoms with E-state index in [1.54, 1.807) is 0 Å². The number of hydrogen-bond donors (Lipinski definition) is 0. The zero-order chi connectivity index (χ0) is 16.3. The molecule has 0 aliphatic rings. The fourth-order valence-corrected chi connectivity index (χ4v) is 2.34. The van der Waals surface area contributed by atoms with Crippen molar-refractivity contribution in [3.63, 3.8) is 0 Å². The van der Waals surface area contributed by atoms with Crippen molar-refractivity contribution < 1.29 is 4.74 Å².